The van der Waals surface area contributed by atoms with Crippen LogP contribution in [0.5, 0.6) is 0 Å². The number of benzene rings is 4. The molecule has 4 aromatic carbocycles. The summed E-state index contributed by atoms with van der Waals surface area (Å²) in [6.45, 7) is 50.2. The molecule has 0 unspecified atom stereocenters. The van der Waals surface area contributed by atoms with Crippen LogP contribution in [0.4, 0.5) is 0 Å². The average Bonchev–Trinajstić information content (AvgIpc) is 4.26. The van der Waals surface area contributed by atoms with Crippen LogP contribution in [0, 0.1) is 23.3 Å². The Morgan fingerprint density at radius 2 is 0.778 bits per heavy atom. The van der Waals surface area contributed by atoms with Crippen molar-refractivity contribution in [1.29, 1.82) is 0 Å². The Morgan fingerprint density at radius 3 is 1.19 bits per heavy atom. The Labute approximate surface area is 495 Å². The molecule has 10 nitrogen and oxygen atoms in total. The van der Waals surface area contributed by atoms with Gasteiger partial charge in [-0.1, -0.05) is 184 Å². The van der Waals surface area contributed by atoms with Gasteiger partial charge in [-0.3, -0.25) is 0 Å². The van der Waals surface area contributed by atoms with Crippen LogP contribution in [-0.4, -0.2) is 67.8 Å². The van der Waals surface area contributed by atoms with E-state index < -0.39 is 24.7 Å². The molecule has 2 aliphatic rings. The van der Waals surface area contributed by atoms with Crippen molar-refractivity contribution in [2.75, 3.05) is 13.2 Å². The molecule has 14 heteroatoms. The van der Waals surface area contributed by atoms with Crippen LogP contribution in [-0.2, 0) is 41.9 Å². The second-order valence-corrected chi connectivity index (χ2v) is 43.4. The van der Waals surface area contributed by atoms with Crippen molar-refractivity contribution in [3.8, 4) is 68.9 Å². The van der Waals surface area contributed by atoms with E-state index in [0.717, 1.165) is 77.2 Å². The standard InChI is InChI=1S/C67H82N8O2Si3.Co/c1-63(2,3)44-26-30-48-52(36-44)60-70-55-47-29-24-41(23-25-42(39-76-79(19,20)66(10,11)12)43(33-34-78(16,17)18)40-77-80(21,22)67(13,14)15)35-51(47)59(69-55)75-62-54-38-46(65(7,8)9)28-32-50(54)58(74-62)73-61-53-37-45(64(4,5)6)27-31-49(53)57(72-61)68-56(48)71-60;/h24,26-32,35-38H,39-40H2,1-22H3;/q-2;+2/b43-42+;. The van der Waals surface area contributed by atoms with Gasteiger partial charge in [-0.15, -0.1) is 5.54 Å². The molecule has 0 fully saturated rings. The Bertz CT molecular complexity index is 3990. The van der Waals surface area contributed by atoms with Crippen molar-refractivity contribution in [2.24, 2.45) is 0 Å². The molecular weight excluding hydrogens is 1090 g/mol. The Kier molecular flexibility index (Phi) is 16.2. The summed E-state index contributed by atoms with van der Waals surface area (Å²) in [4.78, 5) is 42.4. The SMILES string of the molecule is CC(C)(C)c1ccc2c(c1)-c1nc-2nc2[n-]c(nc3nc(nc4[n-]c(n1)c1ccc(C(C)(C)C)cc41)-c1cc(C#C/C(CO[Si](C)(C)C(C)(C)C)=C(/C#C[Si](C)(C)C)CO[Si](C)(C)C(C)(C)C)ccc1-3)c1cc(C(C)(C)C)ccc21.[Co+2]. The molecule has 0 aliphatic carbocycles. The van der Waals surface area contributed by atoms with Gasteiger partial charge in [0.25, 0.3) is 0 Å². The van der Waals surface area contributed by atoms with Gasteiger partial charge in [0.1, 0.15) is 8.07 Å². The summed E-state index contributed by atoms with van der Waals surface area (Å²) < 4.78 is 13.9. The van der Waals surface area contributed by atoms with Crippen LogP contribution in [0.2, 0.25) is 55.9 Å². The fraction of sp³-hybridized carbons (Fsp3) is 0.433. The molecule has 0 N–H and O–H groups in total. The van der Waals surface area contributed by atoms with Gasteiger partial charge < -0.3 is 38.8 Å². The Balaban J connectivity index is 0.00000860. The first-order valence-corrected chi connectivity index (χ1v) is 37.5. The predicted octanol–water partition coefficient (Wildman–Crippen LogP) is 16.6. The maximum atomic E-state index is 6.98. The summed E-state index contributed by atoms with van der Waals surface area (Å²) in [5.74, 6) is 12.9. The van der Waals surface area contributed by atoms with Gasteiger partial charge in [0.2, 0.25) is 0 Å². The molecule has 0 saturated carbocycles. The van der Waals surface area contributed by atoms with E-state index in [2.05, 4.69) is 240 Å². The van der Waals surface area contributed by atoms with E-state index in [-0.39, 0.29) is 43.1 Å². The fourth-order valence-electron chi connectivity index (χ4n) is 8.89. The molecule has 0 atom stereocenters. The summed E-state index contributed by atoms with van der Waals surface area (Å²) in [5, 5.41) is 3.49. The van der Waals surface area contributed by atoms with E-state index in [1.165, 1.54) is 0 Å². The van der Waals surface area contributed by atoms with Crippen molar-refractivity contribution >= 4 is 68.8 Å². The van der Waals surface area contributed by atoms with Crippen LogP contribution in [0.1, 0.15) is 126 Å². The Morgan fingerprint density at radius 1 is 0.420 bits per heavy atom. The Hall–Kier alpha value is -5.82. The number of fused-ring (bicyclic) bond motifs is 20. The molecule has 0 spiro atoms. The molecule has 5 heterocycles. The zero-order chi connectivity index (χ0) is 58.5. The first-order chi connectivity index (χ1) is 36.9. The van der Waals surface area contributed by atoms with E-state index in [1.807, 2.05) is 6.07 Å². The third-order valence-electron chi connectivity index (χ3n) is 16.4. The van der Waals surface area contributed by atoms with Crippen molar-refractivity contribution < 1.29 is 25.6 Å². The summed E-state index contributed by atoms with van der Waals surface area (Å²) in [6, 6.07) is 25.6. The molecule has 0 amide bonds. The van der Waals surface area contributed by atoms with Crippen molar-refractivity contribution in [3.05, 3.63) is 106 Å². The second-order valence-electron chi connectivity index (χ2n) is 29.1. The summed E-state index contributed by atoms with van der Waals surface area (Å²) in [6.07, 6.45) is 0. The molecular formula is C67H82CoN8O2Si3. The van der Waals surface area contributed by atoms with Gasteiger partial charge in [-0.25, -0.2) is 9.97 Å². The first kappa shape index (κ1) is 61.3. The predicted molar refractivity (Wildman–Crippen MR) is 341 cm³/mol. The minimum atomic E-state index is -2.21. The van der Waals surface area contributed by atoms with E-state index in [9.17, 15) is 0 Å². The normalized spacial score (nSPS) is 13.7. The maximum Gasteiger partial charge on any atom is 2.00 e. The molecule has 423 valence electrons. The third-order valence-corrected chi connectivity index (χ3v) is 26.2. The number of aromatic nitrogens is 8. The molecule has 1 radical (unpaired) electrons. The molecule has 9 rings (SSSR count). The van der Waals surface area contributed by atoms with Crippen molar-refractivity contribution in [2.45, 2.75) is 176 Å². The van der Waals surface area contributed by atoms with E-state index in [4.69, 9.17) is 48.7 Å². The van der Waals surface area contributed by atoms with Crippen LogP contribution in [0.25, 0.3) is 89.7 Å². The molecule has 81 heavy (non-hydrogen) atoms. The quantitative estimate of drug-likeness (QED) is 0.117. The average molecular weight is 1170 g/mol. The van der Waals surface area contributed by atoms with Gasteiger partial charge in [-0.05, 0) is 121 Å². The second kappa shape index (κ2) is 21.4. The minimum absolute atomic E-state index is 0. The summed E-state index contributed by atoms with van der Waals surface area (Å²) >= 11 is 0. The van der Waals surface area contributed by atoms with Gasteiger partial charge in [0.15, 0.2) is 16.6 Å². The largest absolute Gasteiger partial charge is 2.00 e. The maximum absolute atomic E-state index is 6.98. The van der Waals surface area contributed by atoms with E-state index in [1.54, 1.807) is 0 Å². The van der Waals surface area contributed by atoms with Crippen molar-refractivity contribution in [3.63, 3.8) is 0 Å². The van der Waals surface area contributed by atoms with Gasteiger partial charge in [0, 0.05) is 61.6 Å². The fourth-order valence-corrected chi connectivity index (χ4v) is 11.3. The van der Waals surface area contributed by atoms with E-state index in [0.29, 0.717) is 59.1 Å². The molecule has 2 aliphatic heterocycles. The number of hydrogen-bond donors (Lipinski definition) is 0. The topological polar surface area (TPSA) is 124 Å². The molecule has 3 aromatic heterocycles. The molecule has 8 bridgehead atoms. The first-order valence-electron chi connectivity index (χ1n) is 28.2. The summed E-state index contributed by atoms with van der Waals surface area (Å²) in [5.41, 5.74) is 14.6. The third kappa shape index (κ3) is 12.9. The minimum Gasteiger partial charge on any atom is -0.412 e. The van der Waals surface area contributed by atoms with Crippen LogP contribution >= 0.6 is 0 Å². The van der Waals surface area contributed by atoms with Crippen LogP contribution < -0.4 is 9.97 Å². The van der Waals surface area contributed by atoms with E-state index >= 15 is 0 Å². The number of hydrogen-bond acceptors (Lipinski definition) is 8. The zero-order valence-electron chi connectivity index (χ0n) is 52.1. The van der Waals surface area contributed by atoms with Crippen LogP contribution in [0.3, 0.4) is 0 Å². The van der Waals surface area contributed by atoms with Gasteiger partial charge in [0.05, 0.1) is 36.5 Å². The van der Waals surface area contributed by atoms with Gasteiger partial charge >= 0.3 is 16.8 Å². The summed E-state index contributed by atoms with van der Waals surface area (Å²) in [7, 11) is -6.19. The van der Waals surface area contributed by atoms with Crippen LogP contribution in [0.15, 0.2) is 83.9 Å². The zero-order valence-corrected chi connectivity index (χ0v) is 56.1. The molecule has 0 saturated heterocycles. The number of nitrogens with zero attached hydrogens (tertiary/aromatic N) is 8. The monoisotopic (exact) mass is 1170 g/mol. The van der Waals surface area contributed by atoms with Crippen molar-refractivity contribution in [1.82, 2.24) is 39.9 Å². The smallest absolute Gasteiger partial charge is 0.412 e. The molecule has 7 aromatic rings. The number of rotatable bonds is 6. The van der Waals surface area contributed by atoms with Gasteiger partial charge in [-0.2, -0.15) is 0 Å².